The van der Waals surface area contributed by atoms with Crippen molar-refractivity contribution in [2.75, 3.05) is 43.5 Å². The van der Waals surface area contributed by atoms with E-state index in [9.17, 15) is 4.79 Å². The quantitative estimate of drug-likeness (QED) is 0.333. The van der Waals surface area contributed by atoms with Gasteiger partial charge in [-0.05, 0) is 61.4 Å². The minimum absolute atomic E-state index is 0.00723. The van der Waals surface area contributed by atoms with Crippen LogP contribution < -0.4 is 15.0 Å². The maximum atomic E-state index is 13.2. The number of methoxy groups -OCH3 is 1. The Bertz CT molecular complexity index is 1330. The van der Waals surface area contributed by atoms with Gasteiger partial charge in [0.25, 0.3) is 5.91 Å². The summed E-state index contributed by atoms with van der Waals surface area (Å²) < 4.78 is 5.43. The van der Waals surface area contributed by atoms with Gasteiger partial charge in [0.2, 0.25) is 0 Å². The molecule has 37 heavy (non-hydrogen) atoms. The number of ether oxygens (including phenoxy) is 1. The summed E-state index contributed by atoms with van der Waals surface area (Å²) >= 11 is 1.65. The lowest BCUT2D eigenvalue weighted by Gasteiger charge is -2.40. The molecular formula is C30H32N4O2S. The van der Waals surface area contributed by atoms with Gasteiger partial charge in [-0.2, -0.15) is 0 Å². The molecule has 1 saturated heterocycles. The number of pyridine rings is 1. The first-order valence-corrected chi connectivity index (χ1v) is 13.4. The number of nitrogens with one attached hydrogen (secondary N) is 1. The number of anilines is 2. The van der Waals surface area contributed by atoms with E-state index >= 15 is 0 Å². The number of carbonyl (C=O) groups excluding carboxylic acids is 1. The van der Waals surface area contributed by atoms with Crippen LogP contribution >= 0.6 is 11.3 Å². The van der Waals surface area contributed by atoms with E-state index in [1.807, 2.05) is 60.8 Å². The van der Waals surface area contributed by atoms with Crippen LogP contribution in [0.1, 0.15) is 38.0 Å². The van der Waals surface area contributed by atoms with Crippen LogP contribution in [0.5, 0.6) is 5.75 Å². The number of amides is 1. The Balaban J connectivity index is 1.49. The van der Waals surface area contributed by atoms with Crippen LogP contribution in [0.15, 0.2) is 79.0 Å². The number of benzene rings is 2. The largest absolute Gasteiger partial charge is 0.497 e. The van der Waals surface area contributed by atoms with Gasteiger partial charge in [-0.3, -0.25) is 9.69 Å². The average molecular weight is 513 g/mol. The fourth-order valence-electron chi connectivity index (χ4n) is 4.93. The van der Waals surface area contributed by atoms with Crippen LogP contribution in [0, 0.1) is 13.8 Å². The molecule has 6 nitrogen and oxygen atoms in total. The van der Waals surface area contributed by atoms with Crippen LogP contribution in [0.4, 0.5) is 10.8 Å². The van der Waals surface area contributed by atoms with E-state index in [-0.39, 0.29) is 11.9 Å². The number of hydrogen-bond donors (Lipinski definition) is 1. The lowest BCUT2D eigenvalue weighted by Crippen LogP contribution is -2.48. The van der Waals surface area contributed by atoms with Crippen molar-refractivity contribution in [1.29, 1.82) is 0 Å². The van der Waals surface area contributed by atoms with E-state index in [1.54, 1.807) is 18.4 Å². The zero-order valence-corrected chi connectivity index (χ0v) is 22.3. The molecule has 1 atom stereocenters. The Labute approximate surface area is 222 Å². The van der Waals surface area contributed by atoms with Crippen LogP contribution in [-0.2, 0) is 0 Å². The summed E-state index contributed by atoms with van der Waals surface area (Å²) in [5, 5.41) is 4.16. The summed E-state index contributed by atoms with van der Waals surface area (Å²) in [5.74, 6) is 1.76. The minimum Gasteiger partial charge on any atom is -0.497 e. The highest BCUT2D eigenvalue weighted by molar-refractivity contribution is 7.16. The molecule has 4 aromatic rings. The number of aryl methyl sites for hydroxylation is 1. The molecule has 5 rings (SSSR count). The number of aromatic nitrogens is 1. The van der Waals surface area contributed by atoms with E-state index in [0.29, 0.717) is 5.56 Å². The van der Waals surface area contributed by atoms with E-state index in [1.165, 1.54) is 21.6 Å². The number of carbonyl (C=O) groups is 1. The first-order chi connectivity index (χ1) is 18.0. The number of rotatable bonds is 7. The van der Waals surface area contributed by atoms with Crippen molar-refractivity contribution in [1.82, 2.24) is 9.88 Å². The molecule has 0 bridgehead atoms. The Morgan fingerprint density at radius 3 is 2.30 bits per heavy atom. The Morgan fingerprint density at radius 1 is 0.946 bits per heavy atom. The summed E-state index contributed by atoms with van der Waals surface area (Å²) in [7, 11) is 1.69. The Hall–Kier alpha value is -3.68. The molecule has 1 fully saturated rings. The molecule has 1 amide bonds. The van der Waals surface area contributed by atoms with Gasteiger partial charge >= 0.3 is 0 Å². The topological polar surface area (TPSA) is 57.7 Å². The van der Waals surface area contributed by atoms with Crippen molar-refractivity contribution >= 4 is 28.1 Å². The van der Waals surface area contributed by atoms with Gasteiger partial charge in [0, 0.05) is 48.4 Å². The minimum atomic E-state index is -0.0865. The molecule has 1 aliphatic heterocycles. The van der Waals surface area contributed by atoms with Gasteiger partial charge in [-0.15, -0.1) is 11.3 Å². The van der Waals surface area contributed by atoms with Crippen molar-refractivity contribution in [2.45, 2.75) is 19.9 Å². The second-order valence-electron chi connectivity index (χ2n) is 9.23. The normalized spacial score (nSPS) is 14.8. The first kappa shape index (κ1) is 25.0. The lowest BCUT2D eigenvalue weighted by molar-refractivity contribution is 0.102. The molecule has 2 aromatic heterocycles. The molecule has 3 heterocycles. The smallest absolute Gasteiger partial charge is 0.256 e. The summed E-state index contributed by atoms with van der Waals surface area (Å²) in [6, 6.07) is 23.8. The van der Waals surface area contributed by atoms with Crippen LogP contribution in [0.2, 0.25) is 0 Å². The van der Waals surface area contributed by atoms with E-state index in [4.69, 9.17) is 4.74 Å². The monoisotopic (exact) mass is 512 g/mol. The molecule has 0 saturated carbocycles. The maximum Gasteiger partial charge on any atom is 0.256 e. The predicted octanol–water partition coefficient (Wildman–Crippen LogP) is 5.93. The van der Waals surface area contributed by atoms with Gasteiger partial charge in [-0.25, -0.2) is 4.98 Å². The van der Waals surface area contributed by atoms with Crippen molar-refractivity contribution in [3.8, 4) is 5.75 Å². The van der Waals surface area contributed by atoms with Crippen molar-refractivity contribution in [3.05, 3.63) is 106 Å². The molecule has 2 aromatic carbocycles. The third-order valence-electron chi connectivity index (χ3n) is 7.05. The summed E-state index contributed by atoms with van der Waals surface area (Å²) in [6.07, 6.45) is 1.85. The third-order valence-corrected chi connectivity index (χ3v) is 8.19. The van der Waals surface area contributed by atoms with Crippen LogP contribution in [0.3, 0.4) is 0 Å². The zero-order chi connectivity index (χ0) is 25.8. The molecule has 190 valence electrons. The Kier molecular flexibility index (Phi) is 7.53. The molecule has 7 heteroatoms. The fraction of sp³-hybridized carbons (Fsp3) is 0.267. The summed E-state index contributed by atoms with van der Waals surface area (Å²) in [6.45, 7) is 7.84. The van der Waals surface area contributed by atoms with Gasteiger partial charge in [0.1, 0.15) is 16.6 Å². The van der Waals surface area contributed by atoms with Crippen molar-refractivity contribution in [2.24, 2.45) is 0 Å². The molecule has 1 N–H and O–H groups in total. The second-order valence-corrected chi connectivity index (χ2v) is 10.5. The molecule has 0 spiro atoms. The molecular weight excluding hydrogens is 480 g/mol. The van der Waals surface area contributed by atoms with Gasteiger partial charge in [-0.1, -0.05) is 36.4 Å². The van der Waals surface area contributed by atoms with Crippen LogP contribution in [-0.4, -0.2) is 49.1 Å². The number of thiophene rings is 1. The SMILES string of the molecule is COc1ccc(C(c2c(NC(=O)c3ccccc3)sc(C)c2C)N2CCN(c3ccccn3)CC2)cc1. The van der Waals surface area contributed by atoms with Crippen LogP contribution in [0.25, 0.3) is 0 Å². The molecule has 0 radical (unpaired) electrons. The van der Waals surface area contributed by atoms with E-state index < -0.39 is 0 Å². The van der Waals surface area contributed by atoms with Gasteiger partial charge in [0.05, 0.1) is 13.2 Å². The summed E-state index contributed by atoms with van der Waals surface area (Å²) in [4.78, 5) is 23.8. The molecule has 1 unspecified atom stereocenters. The Morgan fingerprint density at radius 2 is 1.65 bits per heavy atom. The van der Waals surface area contributed by atoms with Crippen molar-refractivity contribution < 1.29 is 9.53 Å². The molecule has 0 aliphatic carbocycles. The number of hydrogen-bond acceptors (Lipinski definition) is 6. The highest BCUT2D eigenvalue weighted by Crippen LogP contribution is 2.43. The first-order valence-electron chi connectivity index (χ1n) is 12.6. The summed E-state index contributed by atoms with van der Waals surface area (Å²) in [5.41, 5.74) is 4.23. The van der Waals surface area contributed by atoms with E-state index in [0.717, 1.165) is 42.7 Å². The predicted molar refractivity (Wildman–Crippen MR) is 151 cm³/mol. The molecule has 1 aliphatic rings. The average Bonchev–Trinajstić information content (AvgIpc) is 3.22. The van der Waals surface area contributed by atoms with Gasteiger partial charge in [0.15, 0.2) is 0 Å². The lowest BCUT2D eigenvalue weighted by atomic mass is 9.94. The maximum absolute atomic E-state index is 13.2. The standard InChI is InChI=1S/C30H32N4O2S/c1-21-22(2)37-30(32-29(35)24-9-5-4-6-10-24)27(21)28(23-12-14-25(36-3)15-13-23)34-19-17-33(18-20-34)26-11-7-8-16-31-26/h4-16,28H,17-20H2,1-3H3,(H,32,35). The van der Waals surface area contributed by atoms with Gasteiger partial charge < -0.3 is 15.0 Å². The van der Waals surface area contributed by atoms with Crippen molar-refractivity contribution in [3.63, 3.8) is 0 Å². The highest BCUT2D eigenvalue weighted by Gasteiger charge is 2.32. The fourth-order valence-corrected chi connectivity index (χ4v) is 6.02. The number of nitrogens with zero attached hydrogens (tertiary/aromatic N) is 3. The zero-order valence-electron chi connectivity index (χ0n) is 21.5. The number of piperazine rings is 1. The third kappa shape index (κ3) is 5.38. The second kappa shape index (κ2) is 11.2. The highest BCUT2D eigenvalue weighted by atomic mass is 32.1. The van der Waals surface area contributed by atoms with E-state index in [2.05, 4.69) is 52.1 Å².